The van der Waals surface area contributed by atoms with E-state index in [9.17, 15) is 9.59 Å². The summed E-state index contributed by atoms with van der Waals surface area (Å²) in [6, 6.07) is 0. The van der Waals surface area contributed by atoms with Gasteiger partial charge >= 0.3 is 5.97 Å². The third-order valence-electron chi connectivity index (χ3n) is 2.23. The summed E-state index contributed by atoms with van der Waals surface area (Å²) in [5.74, 6) is -0.369. The normalized spacial score (nSPS) is 32.8. The number of allylic oxidation sites excluding steroid dienone is 1. The van der Waals surface area contributed by atoms with Crippen molar-refractivity contribution in [3.05, 3.63) is 12.7 Å². The van der Waals surface area contributed by atoms with E-state index in [1.54, 1.807) is 13.0 Å². The summed E-state index contributed by atoms with van der Waals surface area (Å²) in [4.78, 5) is 22.1. The van der Waals surface area contributed by atoms with E-state index in [4.69, 9.17) is 16.3 Å². The lowest BCUT2D eigenvalue weighted by Crippen LogP contribution is -2.21. The highest BCUT2D eigenvalue weighted by atomic mass is 35.5. The Bertz CT molecular complexity index is 262. The van der Waals surface area contributed by atoms with Crippen LogP contribution >= 0.6 is 11.6 Å². The third kappa shape index (κ3) is 1.91. The molecule has 0 aromatic heterocycles. The van der Waals surface area contributed by atoms with Gasteiger partial charge in [-0.15, -0.1) is 6.58 Å². The maximum Gasteiger partial charge on any atom is 0.313 e. The van der Waals surface area contributed by atoms with Crippen molar-refractivity contribution in [2.75, 3.05) is 0 Å². The van der Waals surface area contributed by atoms with Crippen molar-refractivity contribution in [2.24, 2.45) is 5.41 Å². The standard InChI is InChI=1S/C9H11ClO3/c1-3-4-9(2)5-6(7(10)11)13-8(9)12/h3,6H,1,4-5H2,2H3/t6-,9-/m0/s1. The highest BCUT2D eigenvalue weighted by Gasteiger charge is 2.46. The van der Waals surface area contributed by atoms with Crippen molar-refractivity contribution in [1.29, 1.82) is 0 Å². The zero-order valence-electron chi connectivity index (χ0n) is 7.38. The molecule has 1 heterocycles. The molecule has 4 heteroatoms. The van der Waals surface area contributed by atoms with E-state index >= 15 is 0 Å². The molecule has 0 radical (unpaired) electrons. The Morgan fingerprint density at radius 1 is 1.92 bits per heavy atom. The second kappa shape index (κ2) is 3.50. The molecule has 72 valence electrons. The summed E-state index contributed by atoms with van der Waals surface area (Å²) in [6.45, 7) is 5.29. The van der Waals surface area contributed by atoms with E-state index in [0.717, 1.165) is 0 Å². The second-order valence-corrected chi connectivity index (χ2v) is 3.83. The Morgan fingerprint density at radius 2 is 2.54 bits per heavy atom. The Hall–Kier alpha value is -0.830. The average molecular weight is 203 g/mol. The van der Waals surface area contributed by atoms with E-state index in [0.29, 0.717) is 12.8 Å². The van der Waals surface area contributed by atoms with Crippen molar-refractivity contribution < 1.29 is 14.3 Å². The summed E-state index contributed by atoms with van der Waals surface area (Å²) in [7, 11) is 0. The molecule has 0 spiro atoms. The fourth-order valence-electron chi connectivity index (χ4n) is 1.42. The van der Waals surface area contributed by atoms with Crippen molar-refractivity contribution >= 4 is 22.8 Å². The molecular weight excluding hydrogens is 192 g/mol. The van der Waals surface area contributed by atoms with E-state index < -0.39 is 16.8 Å². The van der Waals surface area contributed by atoms with Gasteiger partial charge in [-0.1, -0.05) is 6.08 Å². The van der Waals surface area contributed by atoms with Gasteiger partial charge in [0.15, 0.2) is 6.10 Å². The van der Waals surface area contributed by atoms with Crippen LogP contribution in [0.2, 0.25) is 0 Å². The minimum absolute atomic E-state index is 0.347. The molecule has 0 saturated carbocycles. The number of ether oxygens (including phenoxy) is 1. The van der Waals surface area contributed by atoms with Crippen molar-refractivity contribution in [3.63, 3.8) is 0 Å². The highest BCUT2D eigenvalue weighted by molar-refractivity contribution is 6.64. The topological polar surface area (TPSA) is 43.4 Å². The maximum atomic E-state index is 11.3. The van der Waals surface area contributed by atoms with Gasteiger partial charge in [-0.3, -0.25) is 9.59 Å². The first-order valence-electron chi connectivity index (χ1n) is 4.01. The molecule has 0 aliphatic carbocycles. The minimum Gasteiger partial charge on any atom is -0.452 e. The van der Waals surface area contributed by atoms with Gasteiger partial charge in [0.1, 0.15) is 0 Å². The molecule has 1 aliphatic heterocycles. The summed E-state index contributed by atoms with van der Waals surface area (Å²) >= 11 is 5.23. The smallest absolute Gasteiger partial charge is 0.313 e. The first-order valence-corrected chi connectivity index (χ1v) is 4.39. The Morgan fingerprint density at radius 3 is 2.92 bits per heavy atom. The van der Waals surface area contributed by atoms with Gasteiger partial charge in [0.2, 0.25) is 0 Å². The molecule has 0 bridgehead atoms. The maximum absolute atomic E-state index is 11.3. The summed E-state index contributed by atoms with van der Waals surface area (Å²) in [5.41, 5.74) is -0.628. The molecule has 13 heavy (non-hydrogen) atoms. The molecule has 1 fully saturated rings. The number of rotatable bonds is 3. The van der Waals surface area contributed by atoms with Gasteiger partial charge in [0, 0.05) is 6.42 Å². The Kier molecular flexibility index (Phi) is 2.76. The second-order valence-electron chi connectivity index (χ2n) is 3.46. The Balaban J connectivity index is 2.76. The molecule has 3 nitrogen and oxygen atoms in total. The molecule has 0 aromatic rings. The van der Waals surface area contributed by atoms with Crippen LogP contribution in [0.1, 0.15) is 19.8 Å². The lowest BCUT2D eigenvalue weighted by atomic mass is 9.84. The Labute approximate surface area is 81.7 Å². The van der Waals surface area contributed by atoms with Crippen LogP contribution in [-0.4, -0.2) is 17.3 Å². The van der Waals surface area contributed by atoms with E-state index in [2.05, 4.69) is 6.58 Å². The first-order chi connectivity index (χ1) is 5.99. The zero-order chi connectivity index (χ0) is 10.1. The number of hydrogen-bond donors (Lipinski definition) is 0. The predicted octanol–water partition coefficient (Wildman–Crippen LogP) is 1.65. The number of carbonyl (C=O) groups excluding carboxylic acids is 2. The van der Waals surface area contributed by atoms with Crippen LogP contribution in [0.5, 0.6) is 0 Å². The largest absolute Gasteiger partial charge is 0.452 e. The number of carbonyl (C=O) groups is 2. The molecule has 1 aliphatic rings. The summed E-state index contributed by atoms with van der Waals surface area (Å²) < 4.78 is 4.82. The van der Waals surface area contributed by atoms with Crippen LogP contribution in [0.25, 0.3) is 0 Å². The van der Waals surface area contributed by atoms with Crippen LogP contribution in [0, 0.1) is 5.41 Å². The van der Waals surface area contributed by atoms with Crippen molar-refractivity contribution in [2.45, 2.75) is 25.9 Å². The van der Waals surface area contributed by atoms with Gasteiger partial charge in [-0.2, -0.15) is 0 Å². The third-order valence-corrected chi connectivity index (χ3v) is 2.47. The molecule has 1 saturated heterocycles. The molecule has 0 unspecified atom stereocenters. The summed E-state index contributed by atoms with van der Waals surface area (Å²) in [6.07, 6.45) is 1.72. The molecule has 0 amide bonds. The SMILES string of the molecule is C=CC[C@@]1(C)C[C@@H](C(=O)Cl)OC1=O. The highest BCUT2D eigenvalue weighted by Crippen LogP contribution is 2.37. The lowest BCUT2D eigenvalue weighted by Gasteiger charge is -2.15. The van der Waals surface area contributed by atoms with Crippen LogP contribution in [-0.2, 0) is 14.3 Å². The van der Waals surface area contributed by atoms with Crippen molar-refractivity contribution in [3.8, 4) is 0 Å². The van der Waals surface area contributed by atoms with E-state index in [-0.39, 0.29) is 5.97 Å². The number of halogens is 1. The summed E-state index contributed by atoms with van der Waals surface area (Å²) in [5, 5.41) is -0.610. The van der Waals surface area contributed by atoms with Gasteiger partial charge in [-0.25, -0.2) is 0 Å². The number of esters is 1. The van der Waals surface area contributed by atoms with Gasteiger partial charge in [0.25, 0.3) is 5.24 Å². The van der Waals surface area contributed by atoms with Crippen LogP contribution in [0.15, 0.2) is 12.7 Å². The number of hydrogen-bond acceptors (Lipinski definition) is 3. The molecule has 2 atom stereocenters. The van der Waals surface area contributed by atoms with Crippen LogP contribution in [0.4, 0.5) is 0 Å². The molecule has 1 rings (SSSR count). The van der Waals surface area contributed by atoms with Gasteiger partial charge < -0.3 is 4.74 Å². The molecule has 0 aromatic carbocycles. The number of cyclic esters (lactones) is 1. The predicted molar refractivity (Wildman–Crippen MR) is 48.3 cm³/mol. The quantitative estimate of drug-likeness (QED) is 0.397. The average Bonchev–Trinajstić information content (AvgIpc) is 2.29. The van der Waals surface area contributed by atoms with E-state index in [1.165, 1.54) is 0 Å². The molecule has 0 N–H and O–H groups in total. The van der Waals surface area contributed by atoms with Gasteiger partial charge in [-0.05, 0) is 24.9 Å². The van der Waals surface area contributed by atoms with E-state index in [1.807, 2.05) is 0 Å². The monoisotopic (exact) mass is 202 g/mol. The van der Waals surface area contributed by atoms with Crippen molar-refractivity contribution in [1.82, 2.24) is 0 Å². The minimum atomic E-state index is -0.779. The van der Waals surface area contributed by atoms with Crippen LogP contribution < -0.4 is 0 Å². The fraction of sp³-hybridized carbons (Fsp3) is 0.556. The lowest BCUT2D eigenvalue weighted by molar-refractivity contribution is -0.150. The molecular formula is C9H11ClO3. The van der Waals surface area contributed by atoms with Crippen LogP contribution in [0.3, 0.4) is 0 Å². The first kappa shape index (κ1) is 10.3. The fourth-order valence-corrected chi connectivity index (χ4v) is 1.54. The zero-order valence-corrected chi connectivity index (χ0v) is 8.13. The van der Waals surface area contributed by atoms with Gasteiger partial charge in [0.05, 0.1) is 5.41 Å².